The Hall–Kier alpha value is -3.64. The number of para-hydroxylation sites is 1. The van der Waals surface area contributed by atoms with E-state index >= 15 is 0 Å². The lowest BCUT2D eigenvalue weighted by molar-refractivity contribution is 0.102. The van der Waals surface area contributed by atoms with E-state index in [9.17, 15) is 9.59 Å². The molecule has 0 aliphatic carbocycles. The van der Waals surface area contributed by atoms with Crippen molar-refractivity contribution in [1.82, 2.24) is 4.90 Å². The van der Waals surface area contributed by atoms with Crippen LogP contribution in [0.2, 0.25) is 0 Å². The molecule has 2 amide bonds. The third-order valence-corrected chi connectivity index (χ3v) is 6.56. The zero-order chi connectivity index (χ0) is 24.6. The van der Waals surface area contributed by atoms with Crippen LogP contribution in [-0.4, -0.2) is 43.1 Å². The first-order valence-corrected chi connectivity index (χ1v) is 12.2. The molecule has 3 aromatic carbocycles. The first-order chi connectivity index (χ1) is 17.0. The summed E-state index contributed by atoms with van der Waals surface area (Å²) in [6.07, 6.45) is 4.38. The van der Waals surface area contributed by atoms with Crippen molar-refractivity contribution < 1.29 is 14.3 Å². The molecule has 6 heteroatoms. The highest BCUT2D eigenvalue weighted by atomic mass is 16.6. The van der Waals surface area contributed by atoms with Crippen LogP contribution in [0.3, 0.4) is 0 Å². The monoisotopic (exact) mass is 471 g/mol. The summed E-state index contributed by atoms with van der Waals surface area (Å²) < 4.78 is 5.49. The summed E-state index contributed by atoms with van der Waals surface area (Å²) in [5, 5.41) is 2.89. The number of ether oxygens (including phenoxy) is 1. The molecule has 1 heterocycles. The largest absolute Gasteiger partial charge is 0.419 e. The Morgan fingerprint density at radius 1 is 1.00 bits per heavy atom. The Kier molecular flexibility index (Phi) is 8.16. The van der Waals surface area contributed by atoms with Gasteiger partial charge in [0.15, 0.2) is 0 Å². The molecule has 6 nitrogen and oxygen atoms in total. The van der Waals surface area contributed by atoms with E-state index in [1.165, 1.54) is 36.3 Å². The van der Waals surface area contributed by atoms with Crippen molar-refractivity contribution >= 4 is 23.4 Å². The fourth-order valence-corrected chi connectivity index (χ4v) is 4.35. The highest BCUT2D eigenvalue weighted by Gasteiger charge is 2.18. The summed E-state index contributed by atoms with van der Waals surface area (Å²) in [4.78, 5) is 29.2. The summed E-state index contributed by atoms with van der Waals surface area (Å²) in [5.74, 6) is 0.156. The van der Waals surface area contributed by atoms with Crippen LogP contribution in [0, 0.1) is 0 Å². The van der Waals surface area contributed by atoms with Crippen molar-refractivity contribution in [3.8, 4) is 5.75 Å². The zero-order valence-electron chi connectivity index (χ0n) is 20.4. The Morgan fingerprint density at radius 3 is 2.51 bits per heavy atom. The number of amides is 2. The molecule has 1 unspecified atom stereocenters. The maximum Gasteiger partial charge on any atom is 0.419 e. The van der Waals surface area contributed by atoms with Gasteiger partial charge >= 0.3 is 6.09 Å². The number of benzene rings is 3. The minimum Gasteiger partial charge on any atom is -0.410 e. The molecule has 35 heavy (non-hydrogen) atoms. The van der Waals surface area contributed by atoms with Gasteiger partial charge in [-0.2, -0.15) is 0 Å². The summed E-state index contributed by atoms with van der Waals surface area (Å²) in [6.45, 7) is 4.54. The second-order valence-electron chi connectivity index (χ2n) is 9.07. The standard InChI is InChI=1S/C29H33N3O3/c1-22-9-6-7-19-32(22)20-18-23-14-16-24(17-15-23)28(33)30-25-10-8-13-27(21-25)35-29(34)31(2)26-11-4-3-5-12-26/h3-5,8,10-17,21-22H,6-7,9,18-20H2,1-2H3,(H,30,33). The Morgan fingerprint density at radius 2 is 1.77 bits per heavy atom. The fourth-order valence-electron chi connectivity index (χ4n) is 4.35. The number of carbonyl (C=O) groups is 2. The maximum atomic E-state index is 12.8. The van der Waals surface area contributed by atoms with Crippen LogP contribution in [-0.2, 0) is 6.42 Å². The number of hydrogen-bond acceptors (Lipinski definition) is 4. The first-order valence-electron chi connectivity index (χ1n) is 12.2. The highest BCUT2D eigenvalue weighted by molar-refractivity contribution is 6.04. The second kappa shape index (κ2) is 11.7. The normalized spacial score (nSPS) is 15.9. The molecule has 3 aromatic rings. The van der Waals surface area contributed by atoms with Gasteiger partial charge in [0.1, 0.15) is 5.75 Å². The number of nitrogens with zero attached hydrogens (tertiary/aromatic N) is 2. The molecule has 182 valence electrons. The van der Waals surface area contributed by atoms with Crippen LogP contribution in [0.1, 0.15) is 42.1 Å². The third kappa shape index (κ3) is 6.70. The number of piperidine rings is 1. The number of nitrogens with one attached hydrogen (secondary N) is 1. The smallest absolute Gasteiger partial charge is 0.410 e. The SMILES string of the molecule is CC1CCCCN1CCc1ccc(C(=O)Nc2cccc(OC(=O)N(C)c3ccccc3)c2)cc1. The Bertz CT molecular complexity index is 1130. The minimum atomic E-state index is -0.505. The van der Waals surface area contributed by atoms with Gasteiger partial charge in [-0.1, -0.05) is 42.8 Å². The van der Waals surface area contributed by atoms with Gasteiger partial charge in [0.05, 0.1) is 0 Å². The number of likely N-dealkylation sites (tertiary alicyclic amines) is 1. The predicted octanol–water partition coefficient (Wildman–Crippen LogP) is 5.99. The Balaban J connectivity index is 1.31. The molecular formula is C29H33N3O3. The molecular weight excluding hydrogens is 438 g/mol. The van der Waals surface area contributed by atoms with Gasteiger partial charge in [0.25, 0.3) is 5.91 Å². The van der Waals surface area contributed by atoms with Gasteiger partial charge in [-0.25, -0.2) is 4.79 Å². The van der Waals surface area contributed by atoms with Crippen molar-refractivity contribution in [3.05, 3.63) is 90.0 Å². The van der Waals surface area contributed by atoms with Gasteiger partial charge in [-0.05, 0) is 74.7 Å². The molecule has 0 saturated carbocycles. The van der Waals surface area contributed by atoms with Crippen LogP contribution in [0.15, 0.2) is 78.9 Å². The summed E-state index contributed by atoms with van der Waals surface area (Å²) in [7, 11) is 1.65. The molecule has 1 N–H and O–H groups in total. The van der Waals surface area contributed by atoms with E-state index < -0.39 is 6.09 Å². The number of rotatable bonds is 7. The lowest BCUT2D eigenvalue weighted by atomic mass is 10.0. The van der Waals surface area contributed by atoms with Crippen LogP contribution in [0.5, 0.6) is 5.75 Å². The number of anilines is 2. The Labute approximate surface area is 207 Å². The van der Waals surface area contributed by atoms with E-state index in [2.05, 4.69) is 17.1 Å². The van der Waals surface area contributed by atoms with Crippen molar-refractivity contribution in [2.75, 3.05) is 30.4 Å². The molecule has 1 aliphatic heterocycles. The van der Waals surface area contributed by atoms with E-state index in [1.54, 1.807) is 31.3 Å². The first kappa shape index (κ1) is 24.5. The molecule has 0 spiro atoms. The summed E-state index contributed by atoms with van der Waals surface area (Å²) in [5.41, 5.74) is 3.11. The highest BCUT2D eigenvalue weighted by Crippen LogP contribution is 2.21. The van der Waals surface area contributed by atoms with Crippen LogP contribution in [0.25, 0.3) is 0 Å². The number of carbonyl (C=O) groups excluding carboxylic acids is 2. The van der Waals surface area contributed by atoms with E-state index in [1.807, 2.05) is 54.6 Å². The van der Waals surface area contributed by atoms with Crippen LogP contribution in [0.4, 0.5) is 16.2 Å². The summed E-state index contributed by atoms with van der Waals surface area (Å²) in [6, 6.07) is 24.5. The lowest BCUT2D eigenvalue weighted by Crippen LogP contribution is -2.38. The van der Waals surface area contributed by atoms with Gasteiger partial charge in [0.2, 0.25) is 0 Å². The molecule has 1 atom stereocenters. The van der Waals surface area contributed by atoms with E-state index in [4.69, 9.17) is 4.74 Å². The van der Waals surface area contributed by atoms with Crippen LogP contribution < -0.4 is 15.0 Å². The van der Waals surface area contributed by atoms with E-state index in [0.29, 0.717) is 23.0 Å². The average Bonchev–Trinajstić information content (AvgIpc) is 2.89. The van der Waals surface area contributed by atoms with E-state index in [-0.39, 0.29) is 5.91 Å². The summed E-state index contributed by atoms with van der Waals surface area (Å²) >= 11 is 0. The molecule has 0 radical (unpaired) electrons. The maximum absolute atomic E-state index is 12.8. The van der Waals surface area contributed by atoms with Crippen molar-refractivity contribution in [2.24, 2.45) is 0 Å². The third-order valence-electron chi connectivity index (χ3n) is 6.56. The quantitative estimate of drug-likeness (QED) is 0.460. The van der Waals surface area contributed by atoms with Crippen molar-refractivity contribution in [3.63, 3.8) is 0 Å². The van der Waals surface area contributed by atoms with Gasteiger partial charge in [0, 0.05) is 42.6 Å². The predicted molar refractivity (Wildman–Crippen MR) is 140 cm³/mol. The van der Waals surface area contributed by atoms with Crippen LogP contribution >= 0.6 is 0 Å². The topological polar surface area (TPSA) is 61.9 Å². The average molecular weight is 472 g/mol. The van der Waals surface area contributed by atoms with Gasteiger partial charge < -0.3 is 15.0 Å². The minimum absolute atomic E-state index is 0.203. The van der Waals surface area contributed by atoms with Gasteiger partial charge in [-0.15, -0.1) is 0 Å². The molecule has 0 aromatic heterocycles. The zero-order valence-corrected chi connectivity index (χ0v) is 20.4. The molecule has 1 fully saturated rings. The van der Waals surface area contributed by atoms with Gasteiger partial charge in [-0.3, -0.25) is 9.69 Å². The molecule has 1 saturated heterocycles. The molecule has 1 aliphatic rings. The lowest BCUT2D eigenvalue weighted by Gasteiger charge is -2.33. The van der Waals surface area contributed by atoms with E-state index in [0.717, 1.165) is 18.7 Å². The molecule has 0 bridgehead atoms. The molecule has 4 rings (SSSR count). The van der Waals surface area contributed by atoms with Crippen molar-refractivity contribution in [2.45, 2.75) is 38.6 Å². The fraction of sp³-hybridized carbons (Fsp3) is 0.310. The van der Waals surface area contributed by atoms with Crippen molar-refractivity contribution in [1.29, 1.82) is 0 Å². The number of hydrogen-bond donors (Lipinski definition) is 1. The second-order valence-corrected chi connectivity index (χ2v) is 9.07.